The van der Waals surface area contributed by atoms with Gasteiger partial charge in [0.1, 0.15) is 5.82 Å². The minimum absolute atomic E-state index is 0.145. The van der Waals surface area contributed by atoms with Crippen LogP contribution >= 0.6 is 11.3 Å². The number of carbonyl (C=O) groups is 1. The van der Waals surface area contributed by atoms with Crippen molar-refractivity contribution in [3.63, 3.8) is 0 Å². The predicted molar refractivity (Wildman–Crippen MR) is 101 cm³/mol. The lowest BCUT2D eigenvalue weighted by Crippen LogP contribution is -2.31. The second kappa shape index (κ2) is 8.05. The Bertz CT molecular complexity index is 898. The van der Waals surface area contributed by atoms with Gasteiger partial charge in [-0.25, -0.2) is 14.2 Å². The molecule has 0 radical (unpaired) electrons. The molecule has 0 saturated heterocycles. The number of hydrogen-bond acceptors (Lipinski definition) is 4. The van der Waals surface area contributed by atoms with Gasteiger partial charge in [-0.3, -0.25) is 10.3 Å². The zero-order valence-corrected chi connectivity index (χ0v) is 15.3. The van der Waals surface area contributed by atoms with Crippen LogP contribution in [0.3, 0.4) is 0 Å². The summed E-state index contributed by atoms with van der Waals surface area (Å²) in [4.78, 5) is 21.3. The third kappa shape index (κ3) is 4.64. The first kappa shape index (κ1) is 18.0. The second-order valence-corrected chi connectivity index (χ2v) is 7.11. The first-order valence-electron chi connectivity index (χ1n) is 8.18. The fourth-order valence-corrected chi connectivity index (χ4v) is 3.30. The number of halogens is 1. The van der Waals surface area contributed by atoms with Gasteiger partial charge in [-0.05, 0) is 48.7 Å². The highest BCUT2D eigenvalue weighted by Gasteiger charge is 2.11. The molecule has 1 aromatic carbocycles. The van der Waals surface area contributed by atoms with E-state index in [4.69, 9.17) is 0 Å². The van der Waals surface area contributed by atoms with Gasteiger partial charge in [0.15, 0.2) is 5.13 Å². The van der Waals surface area contributed by atoms with Gasteiger partial charge in [-0.15, -0.1) is 11.3 Å². The lowest BCUT2D eigenvalue weighted by Gasteiger charge is -2.13. The zero-order chi connectivity index (χ0) is 18.5. The SMILES string of the molecule is Cc1ccc(Cc2cnc(NC(=O)NC(C)c3ccncc3)s2)cc1F. The van der Waals surface area contributed by atoms with Crippen LogP contribution in [0.5, 0.6) is 0 Å². The topological polar surface area (TPSA) is 66.9 Å². The van der Waals surface area contributed by atoms with Crippen LogP contribution in [0.4, 0.5) is 14.3 Å². The van der Waals surface area contributed by atoms with Crippen molar-refractivity contribution < 1.29 is 9.18 Å². The maximum Gasteiger partial charge on any atom is 0.321 e. The van der Waals surface area contributed by atoms with E-state index in [2.05, 4.69) is 20.6 Å². The van der Waals surface area contributed by atoms with Crippen LogP contribution in [0.1, 0.15) is 34.5 Å². The van der Waals surface area contributed by atoms with Crippen LogP contribution in [0.25, 0.3) is 0 Å². The largest absolute Gasteiger partial charge is 0.331 e. The Balaban J connectivity index is 1.57. The standard InChI is InChI=1S/C19H19FN4OS/c1-12-3-4-14(10-17(12)20)9-16-11-22-19(26-16)24-18(25)23-13(2)15-5-7-21-8-6-15/h3-8,10-11,13H,9H2,1-2H3,(H2,22,23,24,25). The molecule has 0 aliphatic rings. The summed E-state index contributed by atoms with van der Waals surface area (Å²) in [5, 5.41) is 6.10. The van der Waals surface area contributed by atoms with E-state index in [1.54, 1.807) is 31.6 Å². The van der Waals surface area contributed by atoms with Crippen molar-refractivity contribution in [3.8, 4) is 0 Å². The zero-order valence-electron chi connectivity index (χ0n) is 14.5. The maximum atomic E-state index is 13.6. The van der Waals surface area contributed by atoms with Crippen molar-refractivity contribution in [3.05, 3.63) is 76.3 Å². The lowest BCUT2D eigenvalue weighted by molar-refractivity contribution is 0.249. The molecular weight excluding hydrogens is 351 g/mol. The highest BCUT2D eigenvalue weighted by molar-refractivity contribution is 7.15. The van der Waals surface area contributed by atoms with Gasteiger partial charge in [0, 0.05) is 29.9 Å². The summed E-state index contributed by atoms with van der Waals surface area (Å²) in [6.07, 6.45) is 5.65. The molecule has 0 bridgehead atoms. The van der Waals surface area contributed by atoms with E-state index >= 15 is 0 Å². The minimum atomic E-state index is -0.323. The van der Waals surface area contributed by atoms with Crippen molar-refractivity contribution in [1.82, 2.24) is 15.3 Å². The number of nitrogens with one attached hydrogen (secondary N) is 2. The summed E-state index contributed by atoms with van der Waals surface area (Å²) in [5.74, 6) is -0.213. The smallest absolute Gasteiger partial charge is 0.321 e. The molecule has 3 rings (SSSR count). The number of anilines is 1. The van der Waals surface area contributed by atoms with Gasteiger partial charge in [0.05, 0.1) is 6.04 Å². The molecule has 1 unspecified atom stereocenters. The van der Waals surface area contributed by atoms with Crippen LogP contribution in [0, 0.1) is 12.7 Å². The monoisotopic (exact) mass is 370 g/mol. The summed E-state index contributed by atoms with van der Waals surface area (Å²) in [7, 11) is 0. The van der Waals surface area contributed by atoms with E-state index in [1.165, 1.54) is 17.4 Å². The maximum absolute atomic E-state index is 13.6. The number of nitrogens with zero attached hydrogens (tertiary/aromatic N) is 2. The fraction of sp³-hybridized carbons (Fsp3) is 0.211. The van der Waals surface area contributed by atoms with Crippen LogP contribution in [-0.2, 0) is 6.42 Å². The first-order valence-corrected chi connectivity index (χ1v) is 9.00. The highest BCUT2D eigenvalue weighted by Crippen LogP contribution is 2.22. The van der Waals surface area contributed by atoms with Crippen LogP contribution in [-0.4, -0.2) is 16.0 Å². The number of amides is 2. The number of rotatable bonds is 5. The van der Waals surface area contributed by atoms with E-state index in [0.717, 1.165) is 16.0 Å². The van der Waals surface area contributed by atoms with Crippen molar-refractivity contribution in [1.29, 1.82) is 0 Å². The van der Waals surface area contributed by atoms with Gasteiger partial charge < -0.3 is 5.32 Å². The molecule has 26 heavy (non-hydrogen) atoms. The third-order valence-electron chi connectivity index (χ3n) is 3.94. The summed E-state index contributed by atoms with van der Waals surface area (Å²) in [6.45, 7) is 3.63. The Morgan fingerprint density at radius 3 is 2.77 bits per heavy atom. The van der Waals surface area contributed by atoms with Gasteiger partial charge in [-0.1, -0.05) is 12.1 Å². The first-order chi connectivity index (χ1) is 12.5. The quantitative estimate of drug-likeness (QED) is 0.697. The number of aromatic nitrogens is 2. The number of hydrogen-bond donors (Lipinski definition) is 2. The summed E-state index contributed by atoms with van der Waals surface area (Å²) in [5.41, 5.74) is 2.47. The molecule has 0 spiro atoms. The van der Waals surface area contributed by atoms with Gasteiger partial charge in [0.2, 0.25) is 0 Å². The van der Waals surface area contributed by atoms with Crippen molar-refractivity contribution in [2.24, 2.45) is 0 Å². The molecule has 0 aliphatic heterocycles. The normalized spacial score (nSPS) is 11.8. The molecule has 0 aliphatic carbocycles. The number of pyridine rings is 1. The molecule has 7 heteroatoms. The van der Waals surface area contributed by atoms with Crippen LogP contribution in [0.15, 0.2) is 48.9 Å². The molecule has 2 amide bonds. The summed E-state index contributed by atoms with van der Waals surface area (Å²) >= 11 is 1.37. The number of urea groups is 1. The van der Waals surface area contributed by atoms with E-state index in [0.29, 0.717) is 17.1 Å². The van der Waals surface area contributed by atoms with E-state index in [9.17, 15) is 9.18 Å². The summed E-state index contributed by atoms with van der Waals surface area (Å²) < 4.78 is 13.6. The molecule has 2 heterocycles. The average molecular weight is 370 g/mol. The third-order valence-corrected chi connectivity index (χ3v) is 4.86. The molecule has 3 aromatic rings. The van der Waals surface area contributed by atoms with Crippen molar-refractivity contribution in [2.75, 3.05) is 5.32 Å². The average Bonchev–Trinajstić information content (AvgIpc) is 3.05. The Morgan fingerprint density at radius 2 is 2.04 bits per heavy atom. The Kier molecular flexibility index (Phi) is 5.58. The molecular formula is C19H19FN4OS. The Hall–Kier alpha value is -2.80. The Morgan fingerprint density at radius 1 is 1.27 bits per heavy atom. The van der Waals surface area contributed by atoms with E-state index in [-0.39, 0.29) is 17.9 Å². The second-order valence-electron chi connectivity index (χ2n) is 5.99. The molecule has 1 atom stereocenters. The lowest BCUT2D eigenvalue weighted by atomic mass is 10.1. The summed E-state index contributed by atoms with van der Waals surface area (Å²) in [6, 6.07) is 8.43. The molecule has 0 saturated carbocycles. The molecule has 0 fully saturated rings. The fourth-order valence-electron chi connectivity index (χ4n) is 2.46. The minimum Gasteiger partial charge on any atom is -0.331 e. The Labute approximate surface area is 155 Å². The van der Waals surface area contributed by atoms with E-state index in [1.807, 2.05) is 25.1 Å². The predicted octanol–water partition coefficient (Wildman–Crippen LogP) is 4.46. The van der Waals surface area contributed by atoms with Crippen molar-refractivity contribution >= 4 is 22.5 Å². The molecule has 5 nitrogen and oxygen atoms in total. The van der Waals surface area contributed by atoms with Gasteiger partial charge in [-0.2, -0.15) is 0 Å². The van der Waals surface area contributed by atoms with Gasteiger partial charge in [0.25, 0.3) is 0 Å². The van der Waals surface area contributed by atoms with Crippen molar-refractivity contribution in [2.45, 2.75) is 26.3 Å². The molecule has 2 N–H and O–H groups in total. The number of carbonyl (C=O) groups excluding carboxylic acids is 1. The van der Waals surface area contributed by atoms with E-state index < -0.39 is 0 Å². The molecule has 2 aromatic heterocycles. The number of aryl methyl sites for hydroxylation is 1. The number of benzene rings is 1. The van der Waals surface area contributed by atoms with Gasteiger partial charge >= 0.3 is 6.03 Å². The highest BCUT2D eigenvalue weighted by atomic mass is 32.1. The van der Waals surface area contributed by atoms with Crippen LogP contribution in [0.2, 0.25) is 0 Å². The number of thiazole rings is 1. The molecule has 134 valence electrons. The van der Waals surface area contributed by atoms with Crippen LogP contribution < -0.4 is 10.6 Å².